The van der Waals surface area contributed by atoms with Crippen LogP contribution >= 0.6 is 11.6 Å². The van der Waals surface area contributed by atoms with Crippen molar-refractivity contribution in [2.75, 3.05) is 11.3 Å². The molecule has 308 valence electrons. The molecule has 0 radical (unpaired) electrons. The predicted octanol–water partition coefficient (Wildman–Crippen LogP) is 5.03. The molecule has 5 amide bonds. The van der Waals surface area contributed by atoms with Crippen LogP contribution in [0.1, 0.15) is 94.6 Å². The Balaban J connectivity index is 1.11. The van der Waals surface area contributed by atoms with Gasteiger partial charge in [0.05, 0.1) is 18.8 Å². The minimum Gasteiger partial charge on any atom is -0.446 e. The molecule has 2 aliphatic carbocycles. The summed E-state index contributed by atoms with van der Waals surface area (Å²) in [6, 6.07) is 8.13. The second-order valence-electron chi connectivity index (χ2n) is 15.7. The van der Waals surface area contributed by atoms with Crippen LogP contribution in [-0.4, -0.2) is 84.5 Å². The average Bonchev–Trinajstić information content (AvgIpc) is 3.59. The van der Waals surface area contributed by atoms with Crippen LogP contribution in [0.4, 0.5) is 19.7 Å². The molecular weight excluding hydrogens is 783 g/mol. The molecule has 3 heterocycles. The molecule has 2 aromatic carbocycles. The lowest BCUT2D eigenvalue weighted by atomic mass is 10.0. The Bertz CT molecular complexity index is 1980. The van der Waals surface area contributed by atoms with E-state index in [0.717, 1.165) is 51.4 Å². The third-order valence-electron chi connectivity index (χ3n) is 11.7. The van der Waals surface area contributed by atoms with Crippen LogP contribution in [-0.2, 0) is 47.2 Å². The van der Waals surface area contributed by atoms with Gasteiger partial charge < -0.3 is 25.0 Å². The van der Waals surface area contributed by atoms with Gasteiger partial charge in [-0.15, -0.1) is 0 Å². The summed E-state index contributed by atoms with van der Waals surface area (Å²) in [5.74, 6) is -3.07. The second-order valence-corrected chi connectivity index (χ2v) is 17.6. The highest BCUT2D eigenvalue weighted by Gasteiger charge is 2.62. The van der Waals surface area contributed by atoms with Gasteiger partial charge in [-0.05, 0) is 86.8 Å². The molecule has 0 bridgehead atoms. The van der Waals surface area contributed by atoms with Gasteiger partial charge in [-0.3, -0.25) is 24.0 Å². The van der Waals surface area contributed by atoms with E-state index in [2.05, 4.69) is 20.1 Å². The van der Waals surface area contributed by atoms with E-state index in [9.17, 15) is 36.8 Å². The van der Waals surface area contributed by atoms with Crippen molar-refractivity contribution >= 4 is 57.4 Å². The first-order chi connectivity index (χ1) is 27.3. The quantitative estimate of drug-likeness (QED) is 0.296. The van der Waals surface area contributed by atoms with E-state index in [4.69, 9.17) is 21.1 Å². The number of benzene rings is 2. The number of ether oxygens (including phenoxy) is 2. The molecule has 2 saturated carbocycles. The van der Waals surface area contributed by atoms with Gasteiger partial charge in [-0.2, -0.15) is 8.42 Å². The number of alkyl carbamates (subject to hydrolysis) is 1. The Morgan fingerprint density at radius 3 is 2.32 bits per heavy atom. The van der Waals surface area contributed by atoms with E-state index in [1.807, 2.05) is 0 Å². The number of rotatable bonds is 7. The molecule has 18 heteroatoms. The Kier molecular flexibility index (Phi) is 12.1. The summed E-state index contributed by atoms with van der Waals surface area (Å²) in [4.78, 5) is 71.8. The van der Waals surface area contributed by atoms with E-state index in [0.29, 0.717) is 29.0 Å². The lowest BCUT2D eigenvalue weighted by Gasteiger charge is -2.30. The molecule has 5 atom stereocenters. The lowest BCUT2D eigenvalue weighted by molar-refractivity contribution is -0.141. The standard InChI is InChI=1S/C39H48ClFN6O9S/c40-26-15-17-27(18-16-26)44-57(53,54)45-36(50)39-20-25(39)10-4-2-1-3-5-14-32(42-37(51)55-28-11-6-7-12-28)35(49)47-22-29(19-33(47)34(48)43-39)56-38(52)46-21-24-9-8-13-31(41)30(24)23-46/h8-9,13,15-18,25,28-29,32-33,44H,1-7,10-12,14,19-23H2,(H,42,51)(H,43,48)(H,45,50)/t25-,29-,32+,33+,39-/m1/s1. The number of nitrogens with one attached hydrogen (secondary N) is 4. The van der Waals surface area contributed by atoms with Crippen LogP contribution in [0.25, 0.3) is 0 Å². The van der Waals surface area contributed by atoms with Crippen molar-refractivity contribution in [3.05, 3.63) is 64.4 Å². The van der Waals surface area contributed by atoms with Crippen LogP contribution in [0.2, 0.25) is 5.02 Å². The molecule has 3 aliphatic heterocycles. The maximum Gasteiger partial charge on any atom is 0.410 e. The molecule has 15 nitrogen and oxygen atoms in total. The number of hydrogen-bond acceptors (Lipinski definition) is 9. The summed E-state index contributed by atoms with van der Waals surface area (Å²) < 4.78 is 56.6. The van der Waals surface area contributed by atoms with Gasteiger partial charge >= 0.3 is 22.4 Å². The summed E-state index contributed by atoms with van der Waals surface area (Å²) in [7, 11) is -4.44. The number of hydrogen-bond donors (Lipinski definition) is 4. The lowest BCUT2D eigenvalue weighted by Crippen LogP contribution is -2.58. The number of nitrogens with zero attached hydrogens (tertiary/aromatic N) is 2. The molecule has 0 unspecified atom stereocenters. The van der Waals surface area contributed by atoms with Gasteiger partial charge in [0.25, 0.3) is 5.91 Å². The van der Waals surface area contributed by atoms with Crippen molar-refractivity contribution in [2.24, 2.45) is 5.92 Å². The number of fused-ring (bicyclic) bond motifs is 3. The van der Waals surface area contributed by atoms with Crippen molar-refractivity contribution in [1.29, 1.82) is 0 Å². The molecule has 2 aromatic rings. The van der Waals surface area contributed by atoms with Crippen LogP contribution < -0.4 is 20.1 Å². The molecule has 2 saturated heterocycles. The SMILES string of the molecule is O=C(N[C@H]1CCCCCCC[C@@H]2C[C@@]2(C(=O)NS(=O)(=O)Nc2ccc(Cl)cc2)NC(=O)[C@@H]2C[C@@H](OC(=O)N3Cc4cccc(F)c4C3)CN2C1=O)OC1CCCC1. The molecule has 7 rings (SSSR count). The Hall–Kier alpha value is -4.64. The monoisotopic (exact) mass is 830 g/mol. The van der Waals surface area contributed by atoms with Gasteiger partial charge in [0.2, 0.25) is 11.8 Å². The molecular formula is C39H48ClFN6O9S. The van der Waals surface area contributed by atoms with E-state index in [-0.39, 0.29) is 56.6 Å². The zero-order valence-corrected chi connectivity index (χ0v) is 33.0. The second kappa shape index (κ2) is 17.1. The van der Waals surface area contributed by atoms with Crippen molar-refractivity contribution in [3.63, 3.8) is 0 Å². The van der Waals surface area contributed by atoms with Crippen LogP contribution in [0, 0.1) is 11.7 Å². The molecule has 4 N–H and O–H groups in total. The zero-order chi connectivity index (χ0) is 40.3. The fourth-order valence-electron chi connectivity index (χ4n) is 8.54. The normalized spacial score (nSPS) is 26.8. The highest BCUT2D eigenvalue weighted by Crippen LogP contribution is 2.48. The highest BCUT2D eigenvalue weighted by atomic mass is 35.5. The summed E-state index contributed by atoms with van der Waals surface area (Å²) in [5, 5.41) is 5.94. The first-order valence-electron chi connectivity index (χ1n) is 19.7. The van der Waals surface area contributed by atoms with Gasteiger partial charge in [0.15, 0.2) is 0 Å². The van der Waals surface area contributed by atoms with Crippen LogP contribution in [0.3, 0.4) is 0 Å². The number of carbonyl (C=O) groups is 5. The number of carbonyl (C=O) groups excluding carboxylic acids is 5. The third-order valence-corrected chi connectivity index (χ3v) is 12.9. The van der Waals surface area contributed by atoms with Crippen molar-refractivity contribution in [1.82, 2.24) is 25.2 Å². The smallest absolute Gasteiger partial charge is 0.410 e. The van der Waals surface area contributed by atoms with E-state index in [1.165, 1.54) is 40.1 Å². The van der Waals surface area contributed by atoms with Crippen molar-refractivity contribution in [3.8, 4) is 0 Å². The Morgan fingerprint density at radius 1 is 0.877 bits per heavy atom. The van der Waals surface area contributed by atoms with E-state index < -0.39 is 69.7 Å². The van der Waals surface area contributed by atoms with Crippen LogP contribution in [0.5, 0.6) is 0 Å². The molecule has 5 aliphatic rings. The van der Waals surface area contributed by atoms with Gasteiger partial charge in [0, 0.05) is 23.6 Å². The first kappa shape index (κ1) is 40.6. The summed E-state index contributed by atoms with van der Waals surface area (Å²) in [6.45, 7) is -0.0885. The maximum absolute atomic E-state index is 14.5. The Morgan fingerprint density at radius 2 is 1.58 bits per heavy atom. The van der Waals surface area contributed by atoms with Gasteiger partial charge in [-0.25, -0.2) is 18.7 Å². The number of halogens is 2. The largest absolute Gasteiger partial charge is 0.446 e. The number of amides is 5. The van der Waals surface area contributed by atoms with Gasteiger partial charge in [0.1, 0.15) is 35.6 Å². The Labute approximate surface area is 335 Å². The third kappa shape index (κ3) is 9.57. The van der Waals surface area contributed by atoms with E-state index in [1.54, 1.807) is 12.1 Å². The minimum absolute atomic E-state index is 0.00990. The van der Waals surface area contributed by atoms with Crippen LogP contribution in [0.15, 0.2) is 42.5 Å². The summed E-state index contributed by atoms with van der Waals surface area (Å²) >= 11 is 5.93. The first-order valence-corrected chi connectivity index (χ1v) is 21.6. The maximum atomic E-state index is 14.5. The minimum atomic E-state index is -4.44. The topological polar surface area (TPSA) is 193 Å². The van der Waals surface area contributed by atoms with E-state index >= 15 is 0 Å². The van der Waals surface area contributed by atoms with Crippen molar-refractivity contribution < 1.29 is 46.3 Å². The predicted molar refractivity (Wildman–Crippen MR) is 205 cm³/mol. The van der Waals surface area contributed by atoms with Crippen molar-refractivity contribution in [2.45, 2.75) is 126 Å². The molecule has 4 fully saturated rings. The fourth-order valence-corrected chi connectivity index (χ4v) is 9.59. The molecule has 0 aromatic heterocycles. The van der Waals surface area contributed by atoms with Gasteiger partial charge in [-0.1, -0.05) is 55.8 Å². The zero-order valence-electron chi connectivity index (χ0n) is 31.5. The number of anilines is 1. The highest BCUT2D eigenvalue weighted by molar-refractivity contribution is 7.91. The average molecular weight is 831 g/mol. The summed E-state index contributed by atoms with van der Waals surface area (Å²) in [6.07, 6.45) is 5.20. The molecule has 0 spiro atoms. The summed E-state index contributed by atoms with van der Waals surface area (Å²) in [5.41, 5.74) is -0.403. The fraction of sp³-hybridized carbons (Fsp3) is 0.564. The molecule has 57 heavy (non-hydrogen) atoms.